The minimum absolute atomic E-state index is 0.0350. The average Bonchev–Trinajstić information content (AvgIpc) is 2.62. The van der Waals surface area contributed by atoms with Crippen molar-refractivity contribution in [3.05, 3.63) is 12.3 Å². The number of aromatic nitrogens is 2. The summed E-state index contributed by atoms with van der Waals surface area (Å²) in [5.74, 6) is 0.825. The topological polar surface area (TPSA) is 73.8 Å². The summed E-state index contributed by atoms with van der Waals surface area (Å²) >= 11 is 0. The van der Waals surface area contributed by atoms with Gasteiger partial charge in [0.05, 0.1) is 13.7 Å². The van der Waals surface area contributed by atoms with E-state index in [4.69, 9.17) is 14.2 Å². The Kier molecular flexibility index (Phi) is 5.27. The lowest BCUT2D eigenvalue weighted by Gasteiger charge is -2.35. The fraction of sp³-hybridized carbons (Fsp3) is 0.688. The fourth-order valence-electron chi connectivity index (χ4n) is 3.10. The Labute approximate surface area is 136 Å². The number of methoxy groups -OCH3 is 1. The molecule has 1 aromatic heterocycles. The van der Waals surface area contributed by atoms with Crippen LogP contribution < -0.4 is 9.47 Å². The molecule has 7 nitrogen and oxygen atoms in total. The van der Waals surface area contributed by atoms with Crippen LogP contribution in [-0.4, -0.2) is 60.3 Å². The number of amides is 1. The van der Waals surface area contributed by atoms with E-state index < -0.39 is 0 Å². The lowest BCUT2D eigenvalue weighted by Crippen LogP contribution is -2.47. The average molecular weight is 321 g/mol. The summed E-state index contributed by atoms with van der Waals surface area (Å²) in [5, 5.41) is 0. The Hall–Kier alpha value is -1.89. The zero-order valence-electron chi connectivity index (χ0n) is 13.4. The molecular formula is C16H23N3O4. The lowest BCUT2D eigenvalue weighted by molar-refractivity contribution is -0.141. The zero-order chi connectivity index (χ0) is 16.1. The van der Waals surface area contributed by atoms with E-state index in [2.05, 4.69) is 9.97 Å². The Morgan fingerprint density at radius 3 is 2.96 bits per heavy atom. The van der Waals surface area contributed by atoms with E-state index >= 15 is 0 Å². The zero-order valence-corrected chi connectivity index (χ0v) is 13.4. The highest BCUT2D eigenvalue weighted by Crippen LogP contribution is 2.22. The van der Waals surface area contributed by atoms with Crippen molar-refractivity contribution in [2.24, 2.45) is 5.92 Å². The van der Waals surface area contributed by atoms with Crippen LogP contribution in [0.3, 0.4) is 0 Å². The molecule has 0 radical (unpaired) electrons. The maximum atomic E-state index is 12.6. The number of carbonyl (C=O) groups excluding carboxylic acids is 1. The number of ether oxygens (including phenoxy) is 3. The minimum Gasteiger partial charge on any atom is -0.472 e. The van der Waals surface area contributed by atoms with E-state index in [1.54, 1.807) is 12.3 Å². The van der Waals surface area contributed by atoms with E-state index in [1.807, 2.05) is 4.90 Å². The molecule has 2 aliphatic heterocycles. The molecule has 0 aliphatic carbocycles. The Balaban J connectivity index is 1.58. The number of carbonyl (C=O) groups is 1. The van der Waals surface area contributed by atoms with Gasteiger partial charge in [-0.05, 0) is 25.7 Å². The van der Waals surface area contributed by atoms with Crippen molar-refractivity contribution in [1.82, 2.24) is 14.9 Å². The first kappa shape index (κ1) is 16.0. The Morgan fingerprint density at radius 1 is 1.35 bits per heavy atom. The molecular weight excluding hydrogens is 298 g/mol. The second kappa shape index (κ2) is 7.59. The monoisotopic (exact) mass is 321 g/mol. The van der Waals surface area contributed by atoms with Crippen LogP contribution in [0.5, 0.6) is 11.9 Å². The van der Waals surface area contributed by atoms with Crippen molar-refractivity contribution in [3.8, 4) is 11.9 Å². The Morgan fingerprint density at radius 2 is 2.17 bits per heavy atom. The third kappa shape index (κ3) is 4.10. The van der Waals surface area contributed by atoms with Crippen LogP contribution >= 0.6 is 0 Å². The highest BCUT2D eigenvalue weighted by molar-refractivity contribution is 5.79. The lowest BCUT2D eigenvalue weighted by atomic mass is 9.97. The summed E-state index contributed by atoms with van der Waals surface area (Å²) in [5.41, 5.74) is 0. The van der Waals surface area contributed by atoms with E-state index in [-0.39, 0.29) is 23.9 Å². The molecule has 0 spiro atoms. The number of piperidine rings is 1. The molecule has 0 bridgehead atoms. The molecule has 126 valence electrons. The molecule has 1 amide bonds. The summed E-state index contributed by atoms with van der Waals surface area (Å²) in [7, 11) is 1.52. The first-order valence-corrected chi connectivity index (χ1v) is 8.16. The van der Waals surface area contributed by atoms with E-state index in [0.717, 1.165) is 32.2 Å². The van der Waals surface area contributed by atoms with Gasteiger partial charge in [-0.15, -0.1) is 0 Å². The van der Waals surface area contributed by atoms with Crippen molar-refractivity contribution in [2.45, 2.75) is 31.8 Å². The van der Waals surface area contributed by atoms with Gasteiger partial charge >= 0.3 is 6.01 Å². The molecule has 3 rings (SSSR count). The molecule has 0 aromatic carbocycles. The van der Waals surface area contributed by atoms with E-state index in [0.29, 0.717) is 25.6 Å². The van der Waals surface area contributed by atoms with Crippen LogP contribution in [0.1, 0.15) is 25.7 Å². The standard InChI is InChI=1S/C16H23N3O4/c1-21-16-17-7-4-14(18-16)23-13-3-2-8-19(11-13)15(20)12-5-9-22-10-6-12/h4,7,12-13H,2-3,5-6,8-11H2,1H3. The van der Waals surface area contributed by atoms with Crippen LogP contribution in [0.25, 0.3) is 0 Å². The molecule has 1 unspecified atom stereocenters. The van der Waals surface area contributed by atoms with Crippen molar-refractivity contribution in [3.63, 3.8) is 0 Å². The third-order valence-electron chi connectivity index (χ3n) is 4.34. The molecule has 2 saturated heterocycles. The van der Waals surface area contributed by atoms with Crippen LogP contribution in [0, 0.1) is 5.92 Å². The largest absolute Gasteiger partial charge is 0.472 e. The SMILES string of the molecule is COc1nccc(OC2CCCN(C(=O)C3CCOCC3)C2)n1. The third-order valence-corrected chi connectivity index (χ3v) is 4.34. The molecule has 7 heteroatoms. The summed E-state index contributed by atoms with van der Waals surface area (Å²) in [6.45, 7) is 2.79. The van der Waals surface area contributed by atoms with Gasteiger partial charge in [-0.25, -0.2) is 4.98 Å². The molecule has 3 heterocycles. The number of hydrogen-bond donors (Lipinski definition) is 0. The second-order valence-corrected chi connectivity index (χ2v) is 5.93. The highest BCUT2D eigenvalue weighted by atomic mass is 16.5. The van der Waals surface area contributed by atoms with E-state index in [1.165, 1.54) is 7.11 Å². The van der Waals surface area contributed by atoms with Gasteiger partial charge in [0.1, 0.15) is 6.10 Å². The number of rotatable bonds is 4. The van der Waals surface area contributed by atoms with Gasteiger partial charge in [0, 0.05) is 37.9 Å². The number of likely N-dealkylation sites (tertiary alicyclic amines) is 1. The normalized spacial score (nSPS) is 22.7. The predicted octanol–water partition coefficient (Wildman–Crippen LogP) is 1.28. The molecule has 0 N–H and O–H groups in total. The second-order valence-electron chi connectivity index (χ2n) is 5.93. The van der Waals surface area contributed by atoms with Crippen molar-refractivity contribution < 1.29 is 19.0 Å². The smallest absolute Gasteiger partial charge is 0.319 e. The first-order valence-electron chi connectivity index (χ1n) is 8.16. The van der Waals surface area contributed by atoms with Gasteiger partial charge in [0.2, 0.25) is 11.8 Å². The first-order chi connectivity index (χ1) is 11.3. The van der Waals surface area contributed by atoms with Gasteiger partial charge in [-0.2, -0.15) is 4.98 Å². The number of nitrogens with zero attached hydrogens (tertiary/aromatic N) is 3. The van der Waals surface area contributed by atoms with Crippen molar-refractivity contribution >= 4 is 5.91 Å². The van der Waals surface area contributed by atoms with E-state index in [9.17, 15) is 4.79 Å². The summed E-state index contributed by atoms with van der Waals surface area (Å²) < 4.78 is 16.3. The van der Waals surface area contributed by atoms with Crippen molar-refractivity contribution in [2.75, 3.05) is 33.4 Å². The van der Waals surface area contributed by atoms with Crippen LogP contribution in [-0.2, 0) is 9.53 Å². The number of hydrogen-bond acceptors (Lipinski definition) is 6. The molecule has 1 aromatic rings. The summed E-state index contributed by atoms with van der Waals surface area (Å²) in [4.78, 5) is 22.7. The van der Waals surface area contributed by atoms with Gasteiger partial charge < -0.3 is 19.1 Å². The molecule has 23 heavy (non-hydrogen) atoms. The summed E-state index contributed by atoms with van der Waals surface area (Å²) in [6.07, 6.45) is 5.08. The van der Waals surface area contributed by atoms with Crippen LogP contribution in [0.15, 0.2) is 12.3 Å². The molecule has 1 atom stereocenters. The van der Waals surface area contributed by atoms with Gasteiger partial charge in [-0.3, -0.25) is 4.79 Å². The molecule has 0 saturated carbocycles. The van der Waals surface area contributed by atoms with Gasteiger partial charge in [-0.1, -0.05) is 0 Å². The molecule has 2 fully saturated rings. The van der Waals surface area contributed by atoms with Gasteiger partial charge in [0.15, 0.2) is 0 Å². The van der Waals surface area contributed by atoms with Gasteiger partial charge in [0.25, 0.3) is 0 Å². The van der Waals surface area contributed by atoms with Crippen molar-refractivity contribution in [1.29, 1.82) is 0 Å². The maximum Gasteiger partial charge on any atom is 0.319 e. The van der Waals surface area contributed by atoms with Crippen LogP contribution in [0.2, 0.25) is 0 Å². The summed E-state index contributed by atoms with van der Waals surface area (Å²) in [6, 6.07) is 2.00. The molecule has 2 aliphatic rings. The van der Waals surface area contributed by atoms with Crippen LogP contribution in [0.4, 0.5) is 0 Å². The quantitative estimate of drug-likeness (QED) is 0.832. The minimum atomic E-state index is -0.0350. The fourth-order valence-corrected chi connectivity index (χ4v) is 3.10. The Bertz CT molecular complexity index is 534. The predicted molar refractivity (Wildman–Crippen MR) is 82.4 cm³/mol. The maximum absolute atomic E-state index is 12.6. The highest BCUT2D eigenvalue weighted by Gasteiger charge is 2.30.